The first-order valence-corrected chi connectivity index (χ1v) is 2.77. The Labute approximate surface area is 54.2 Å². The van der Waals surface area contributed by atoms with Gasteiger partial charge >= 0.3 is 5.97 Å². The predicted octanol–water partition coefficient (Wildman–Crippen LogP) is 0.365. The number of carboxylic acid groups (broad SMARTS) is 1. The first kappa shape index (κ1) is 8.17. The number of hydrogen-bond acceptors (Lipinski definition) is 2. The Morgan fingerprint density at radius 2 is 2.33 bits per heavy atom. The molecule has 3 heteroatoms. The number of aliphatic carboxylic acids is 1. The second-order valence-corrected chi connectivity index (χ2v) is 1.85. The fraction of sp³-hybridized carbons (Fsp3) is 0.500. The monoisotopic (exact) mass is 129 g/mol. The molecule has 9 heavy (non-hydrogen) atoms. The summed E-state index contributed by atoms with van der Waals surface area (Å²) in [5, 5.41) is 8.30. The van der Waals surface area contributed by atoms with Gasteiger partial charge < -0.3 is 10.8 Å². The van der Waals surface area contributed by atoms with E-state index < -0.39 is 12.0 Å². The van der Waals surface area contributed by atoms with Crippen LogP contribution < -0.4 is 5.73 Å². The summed E-state index contributed by atoms with van der Waals surface area (Å²) in [6, 6.07) is -0.400. The zero-order valence-corrected chi connectivity index (χ0v) is 5.42. The molecule has 0 aliphatic rings. The summed E-state index contributed by atoms with van der Waals surface area (Å²) in [6.45, 7) is 5.12. The molecule has 0 bridgehead atoms. The Balaban J connectivity index is 3.88. The minimum atomic E-state index is -1.01. The lowest BCUT2D eigenvalue weighted by molar-refractivity contribution is -0.132. The number of carbonyl (C=O) groups is 1. The van der Waals surface area contributed by atoms with Gasteiger partial charge in [0.05, 0.1) is 0 Å². The molecule has 3 N–H and O–H groups in total. The molecule has 3 nitrogen and oxygen atoms in total. The van der Waals surface area contributed by atoms with Gasteiger partial charge in [-0.15, -0.1) is 0 Å². The molecule has 0 saturated heterocycles. The standard InChI is InChI=1S/C6H11NO2/c1-3-5(7)4(2)6(8)9/h5H,2-3,7H2,1H3,(H,8,9)/t5-/m0/s1. The minimum absolute atomic E-state index is 0.0810. The molecule has 0 unspecified atom stereocenters. The van der Waals surface area contributed by atoms with E-state index in [0.29, 0.717) is 6.42 Å². The highest BCUT2D eigenvalue weighted by Crippen LogP contribution is 1.99. The number of carboxylic acids is 1. The highest BCUT2D eigenvalue weighted by molar-refractivity contribution is 5.87. The quantitative estimate of drug-likeness (QED) is 0.541. The van der Waals surface area contributed by atoms with E-state index in [0.717, 1.165) is 0 Å². The molecule has 0 aromatic heterocycles. The smallest absolute Gasteiger partial charge is 0.332 e. The minimum Gasteiger partial charge on any atom is -0.478 e. The van der Waals surface area contributed by atoms with Gasteiger partial charge in [-0.2, -0.15) is 0 Å². The van der Waals surface area contributed by atoms with Crippen LogP contribution in [0.4, 0.5) is 0 Å². The molecule has 0 saturated carbocycles. The van der Waals surface area contributed by atoms with E-state index in [1.165, 1.54) is 0 Å². The first-order valence-electron chi connectivity index (χ1n) is 2.77. The highest BCUT2D eigenvalue weighted by Gasteiger charge is 2.10. The maximum Gasteiger partial charge on any atom is 0.332 e. The summed E-state index contributed by atoms with van der Waals surface area (Å²) in [5.41, 5.74) is 5.42. The normalized spacial score (nSPS) is 12.7. The van der Waals surface area contributed by atoms with E-state index in [1.807, 2.05) is 6.92 Å². The van der Waals surface area contributed by atoms with Gasteiger partial charge in [0.2, 0.25) is 0 Å². The number of nitrogens with two attached hydrogens (primary N) is 1. The van der Waals surface area contributed by atoms with E-state index in [4.69, 9.17) is 10.8 Å². The van der Waals surface area contributed by atoms with Crippen molar-refractivity contribution in [1.82, 2.24) is 0 Å². The van der Waals surface area contributed by atoms with Crippen LogP contribution in [0.15, 0.2) is 12.2 Å². The summed E-state index contributed by atoms with van der Waals surface area (Å²) in [5.74, 6) is -1.01. The fourth-order valence-electron chi connectivity index (χ4n) is 0.405. The molecule has 0 heterocycles. The molecule has 0 amide bonds. The lowest BCUT2D eigenvalue weighted by Gasteiger charge is -2.05. The Bertz CT molecular complexity index is 131. The van der Waals surface area contributed by atoms with Crippen molar-refractivity contribution in [2.24, 2.45) is 5.73 Å². The average Bonchev–Trinajstić information content (AvgIpc) is 1.84. The second-order valence-electron chi connectivity index (χ2n) is 1.85. The van der Waals surface area contributed by atoms with E-state index in [-0.39, 0.29) is 5.57 Å². The van der Waals surface area contributed by atoms with Gasteiger partial charge in [0.15, 0.2) is 0 Å². The number of rotatable bonds is 3. The molecule has 0 aliphatic carbocycles. The van der Waals surface area contributed by atoms with Crippen molar-refractivity contribution >= 4 is 5.97 Å². The third kappa shape index (κ3) is 2.28. The van der Waals surface area contributed by atoms with Gasteiger partial charge in [0.1, 0.15) is 0 Å². The van der Waals surface area contributed by atoms with Crippen LogP contribution in [0, 0.1) is 0 Å². The van der Waals surface area contributed by atoms with Gasteiger partial charge in [-0.05, 0) is 6.42 Å². The highest BCUT2D eigenvalue weighted by atomic mass is 16.4. The van der Waals surface area contributed by atoms with Crippen LogP contribution in [-0.4, -0.2) is 17.1 Å². The topological polar surface area (TPSA) is 63.3 Å². The van der Waals surface area contributed by atoms with E-state index >= 15 is 0 Å². The Morgan fingerprint density at radius 1 is 1.89 bits per heavy atom. The van der Waals surface area contributed by atoms with Crippen molar-refractivity contribution in [3.63, 3.8) is 0 Å². The lowest BCUT2D eigenvalue weighted by Crippen LogP contribution is -2.25. The largest absolute Gasteiger partial charge is 0.478 e. The molecular weight excluding hydrogens is 118 g/mol. The van der Waals surface area contributed by atoms with Gasteiger partial charge in [0, 0.05) is 11.6 Å². The van der Waals surface area contributed by atoms with Gasteiger partial charge in [-0.25, -0.2) is 4.79 Å². The van der Waals surface area contributed by atoms with Crippen molar-refractivity contribution in [2.45, 2.75) is 19.4 Å². The fourth-order valence-corrected chi connectivity index (χ4v) is 0.405. The zero-order valence-electron chi connectivity index (χ0n) is 5.42. The third-order valence-corrected chi connectivity index (χ3v) is 1.16. The maximum absolute atomic E-state index is 10.1. The van der Waals surface area contributed by atoms with Crippen LogP contribution in [-0.2, 0) is 4.79 Å². The summed E-state index contributed by atoms with van der Waals surface area (Å²) < 4.78 is 0. The molecule has 1 atom stereocenters. The molecule has 0 radical (unpaired) electrons. The molecule has 0 aliphatic heterocycles. The molecule has 52 valence electrons. The summed E-state index contributed by atoms with van der Waals surface area (Å²) >= 11 is 0. The van der Waals surface area contributed by atoms with Gasteiger partial charge in [-0.3, -0.25) is 0 Å². The van der Waals surface area contributed by atoms with E-state index in [9.17, 15) is 4.79 Å². The third-order valence-electron chi connectivity index (χ3n) is 1.16. The van der Waals surface area contributed by atoms with E-state index in [2.05, 4.69) is 6.58 Å². The molecule has 0 rings (SSSR count). The van der Waals surface area contributed by atoms with Crippen molar-refractivity contribution in [1.29, 1.82) is 0 Å². The van der Waals surface area contributed by atoms with Crippen molar-refractivity contribution in [3.05, 3.63) is 12.2 Å². The Kier molecular flexibility index (Phi) is 2.95. The average molecular weight is 129 g/mol. The number of hydrogen-bond donors (Lipinski definition) is 2. The van der Waals surface area contributed by atoms with Crippen LogP contribution in [0.2, 0.25) is 0 Å². The first-order chi connectivity index (χ1) is 4.09. The van der Waals surface area contributed by atoms with Crippen molar-refractivity contribution < 1.29 is 9.90 Å². The zero-order chi connectivity index (χ0) is 7.44. The van der Waals surface area contributed by atoms with Crippen molar-refractivity contribution in [3.8, 4) is 0 Å². The second kappa shape index (κ2) is 3.25. The molecule has 0 fully saturated rings. The molecule has 0 spiro atoms. The summed E-state index contributed by atoms with van der Waals surface area (Å²) in [4.78, 5) is 10.1. The SMILES string of the molecule is C=C(C(=O)O)[C@@H](N)CC. The summed E-state index contributed by atoms with van der Waals surface area (Å²) in [6.07, 6.45) is 0.616. The summed E-state index contributed by atoms with van der Waals surface area (Å²) in [7, 11) is 0. The predicted molar refractivity (Wildman–Crippen MR) is 35.0 cm³/mol. The van der Waals surface area contributed by atoms with Crippen molar-refractivity contribution in [2.75, 3.05) is 0 Å². The van der Waals surface area contributed by atoms with E-state index in [1.54, 1.807) is 0 Å². The Morgan fingerprint density at radius 3 is 2.44 bits per heavy atom. The van der Waals surface area contributed by atoms with Crippen LogP contribution in [0.25, 0.3) is 0 Å². The van der Waals surface area contributed by atoms with Crippen LogP contribution in [0.5, 0.6) is 0 Å². The molecule has 0 aromatic rings. The van der Waals surface area contributed by atoms with Gasteiger partial charge in [0.25, 0.3) is 0 Å². The Hall–Kier alpha value is -0.830. The maximum atomic E-state index is 10.1. The molecular formula is C6H11NO2. The lowest BCUT2D eigenvalue weighted by atomic mass is 10.1. The van der Waals surface area contributed by atoms with Crippen LogP contribution in [0.1, 0.15) is 13.3 Å². The molecule has 0 aromatic carbocycles. The van der Waals surface area contributed by atoms with Crippen LogP contribution >= 0.6 is 0 Å². The van der Waals surface area contributed by atoms with Crippen LogP contribution in [0.3, 0.4) is 0 Å². The van der Waals surface area contributed by atoms with Gasteiger partial charge in [-0.1, -0.05) is 13.5 Å².